The van der Waals surface area contributed by atoms with E-state index >= 15 is 0 Å². The van der Waals surface area contributed by atoms with Crippen LogP contribution in [0.4, 0.5) is 0 Å². The first-order chi connectivity index (χ1) is 8.20. The predicted octanol–water partition coefficient (Wildman–Crippen LogP) is 5.29. The van der Waals surface area contributed by atoms with Gasteiger partial charge >= 0.3 is 0 Å². The molecule has 0 heterocycles. The topological polar surface area (TPSA) is 0 Å². The average Bonchev–Trinajstić information content (AvgIpc) is 2.51. The van der Waals surface area contributed by atoms with Crippen molar-refractivity contribution in [3.63, 3.8) is 0 Å². The molecule has 0 aliphatic heterocycles. The fraction of sp³-hybridized carbons (Fsp3) is 0.294. The Balaban J connectivity index is 3.29. The van der Waals surface area contributed by atoms with Gasteiger partial charge in [0.25, 0.3) is 0 Å². The quantitative estimate of drug-likeness (QED) is 0.574. The van der Waals surface area contributed by atoms with Crippen LogP contribution in [0, 0.1) is 0 Å². The average molecular weight is 226 g/mol. The van der Waals surface area contributed by atoms with Gasteiger partial charge < -0.3 is 0 Å². The van der Waals surface area contributed by atoms with Gasteiger partial charge in [-0.05, 0) is 50.8 Å². The summed E-state index contributed by atoms with van der Waals surface area (Å²) in [6.07, 6.45) is 18.3. The summed E-state index contributed by atoms with van der Waals surface area (Å²) in [5.74, 6) is 0. The van der Waals surface area contributed by atoms with E-state index in [1.807, 2.05) is 0 Å². The van der Waals surface area contributed by atoms with Crippen LogP contribution in [-0.4, -0.2) is 0 Å². The molecule has 0 aromatic heterocycles. The van der Waals surface area contributed by atoms with E-state index in [1.165, 1.54) is 22.3 Å². The van der Waals surface area contributed by atoms with Gasteiger partial charge in [-0.25, -0.2) is 0 Å². The van der Waals surface area contributed by atoms with E-state index in [0.717, 1.165) is 6.42 Å². The summed E-state index contributed by atoms with van der Waals surface area (Å²) < 4.78 is 0. The van der Waals surface area contributed by atoms with Gasteiger partial charge in [-0.1, -0.05) is 54.2 Å². The van der Waals surface area contributed by atoms with Crippen molar-refractivity contribution in [3.8, 4) is 0 Å². The second-order valence-electron chi connectivity index (χ2n) is 4.28. The number of rotatable bonds is 3. The minimum Gasteiger partial charge on any atom is -0.0874 e. The Morgan fingerprint density at radius 2 is 1.82 bits per heavy atom. The molecule has 0 spiro atoms. The summed E-state index contributed by atoms with van der Waals surface area (Å²) in [7, 11) is 0. The van der Waals surface area contributed by atoms with E-state index in [4.69, 9.17) is 0 Å². The molecule has 1 aliphatic rings. The maximum absolute atomic E-state index is 2.21. The highest BCUT2D eigenvalue weighted by Crippen LogP contribution is 2.25. The van der Waals surface area contributed by atoms with Crippen molar-refractivity contribution in [2.75, 3.05) is 0 Å². The third-order valence-electron chi connectivity index (χ3n) is 2.86. The molecule has 0 saturated heterocycles. The lowest BCUT2D eigenvalue weighted by Crippen LogP contribution is -1.91. The summed E-state index contributed by atoms with van der Waals surface area (Å²) in [5, 5.41) is 0. The van der Waals surface area contributed by atoms with Crippen molar-refractivity contribution >= 4 is 0 Å². The number of hydrogen-bond acceptors (Lipinski definition) is 0. The molecule has 0 unspecified atom stereocenters. The standard InChI is InChI=1S/C17H22/c1-5-10-14(3)16(11-6-2)17-13-9-7-8-12-15(17)4/h5-11,13H,12H2,1-4H3/b10-5-,11-6-,16-14+. The summed E-state index contributed by atoms with van der Waals surface area (Å²) in [5.41, 5.74) is 5.41. The molecular weight excluding hydrogens is 204 g/mol. The van der Waals surface area contributed by atoms with Gasteiger partial charge in [0.15, 0.2) is 0 Å². The van der Waals surface area contributed by atoms with Gasteiger partial charge in [0.2, 0.25) is 0 Å². The monoisotopic (exact) mass is 226 g/mol. The minimum absolute atomic E-state index is 1.03. The lowest BCUT2D eigenvalue weighted by molar-refractivity contribution is 1.18. The zero-order chi connectivity index (χ0) is 12.7. The molecule has 0 atom stereocenters. The molecule has 0 bridgehead atoms. The predicted molar refractivity (Wildman–Crippen MR) is 77.9 cm³/mol. The lowest BCUT2D eigenvalue weighted by Gasteiger charge is -2.10. The molecule has 90 valence electrons. The first-order valence-electron chi connectivity index (χ1n) is 6.20. The van der Waals surface area contributed by atoms with Crippen molar-refractivity contribution < 1.29 is 0 Å². The Kier molecular flexibility index (Phi) is 5.48. The molecule has 0 fully saturated rings. The molecule has 0 saturated carbocycles. The second kappa shape index (κ2) is 6.90. The maximum Gasteiger partial charge on any atom is -0.0129 e. The highest BCUT2D eigenvalue weighted by molar-refractivity contribution is 5.54. The fourth-order valence-corrected chi connectivity index (χ4v) is 1.99. The van der Waals surface area contributed by atoms with E-state index in [0.29, 0.717) is 0 Å². The SMILES string of the molecule is C\C=C/C(C)=C(\C=C/C)C1=C(C)CC=CC=C1. The van der Waals surface area contributed by atoms with E-state index in [2.05, 4.69) is 76.3 Å². The Labute approximate surface area is 105 Å². The van der Waals surface area contributed by atoms with Gasteiger partial charge in [-0.2, -0.15) is 0 Å². The Bertz CT molecular complexity index is 435. The molecule has 0 aromatic carbocycles. The highest BCUT2D eigenvalue weighted by Gasteiger charge is 2.06. The molecule has 0 amide bonds. The molecule has 1 rings (SSSR count). The van der Waals surface area contributed by atoms with Crippen LogP contribution in [0.25, 0.3) is 0 Å². The number of allylic oxidation sites excluding steroid dienone is 12. The van der Waals surface area contributed by atoms with E-state index < -0.39 is 0 Å². The van der Waals surface area contributed by atoms with Crippen molar-refractivity contribution in [1.82, 2.24) is 0 Å². The van der Waals surface area contributed by atoms with Crippen LogP contribution >= 0.6 is 0 Å². The molecule has 0 heteroatoms. The first kappa shape index (κ1) is 13.5. The Morgan fingerprint density at radius 3 is 2.47 bits per heavy atom. The summed E-state index contributed by atoms with van der Waals surface area (Å²) in [6, 6.07) is 0. The van der Waals surface area contributed by atoms with Crippen LogP contribution in [0.15, 0.2) is 70.9 Å². The summed E-state index contributed by atoms with van der Waals surface area (Å²) in [4.78, 5) is 0. The summed E-state index contributed by atoms with van der Waals surface area (Å²) in [6.45, 7) is 8.50. The third-order valence-corrected chi connectivity index (χ3v) is 2.86. The van der Waals surface area contributed by atoms with E-state index in [9.17, 15) is 0 Å². The fourth-order valence-electron chi connectivity index (χ4n) is 1.99. The molecular formula is C17H22. The highest BCUT2D eigenvalue weighted by atomic mass is 14.1. The molecule has 0 nitrogen and oxygen atoms in total. The lowest BCUT2D eigenvalue weighted by atomic mass is 9.94. The molecule has 0 radical (unpaired) electrons. The van der Waals surface area contributed by atoms with Gasteiger partial charge in [-0.15, -0.1) is 0 Å². The molecule has 0 aromatic rings. The van der Waals surface area contributed by atoms with Crippen molar-refractivity contribution in [2.45, 2.75) is 34.1 Å². The van der Waals surface area contributed by atoms with Crippen LogP contribution in [0.2, 0.25) is 0 Å². The van der Waals surface area contributed by atoms with Gasteiger partial charge in [0.05, 0.1) is 0 Å². The van der Waals surface area contributed by atoms with Crippen LogP contribution in [0.5, 0.6) is 0 Å². The third kappa shape index (κ3) is 3.74. The Hall–Kier alpha value is -1.56. The minimum atomic E-state index is 1.03. The molecule has 0 N–H and O–H groups in total. The molecule has 17 heavy (non-hydrogen) atoms. The smallest absolute Gasteiger partial charge is 0.0129 e. The Morgan fingerprint density at radius 1 is 1.12 bits per heavy atom. The number of hydrogen-bond donors (Lipinski definition) is 0. The van der Waals surface area contributed by atoms with Crippen LogP contribution < -0.4 is 0 Å². The zero-order valence-electron chi connectivity index (χ0n) is 11.3. The zero-order valence-corrected chi connectivity index (χ0v) is 11.3. The maximum atomic E-state index is 2.21. The van der Waals surface area contributed by atoms with Gasteiger partial charge in [0.1, 0.15) is 0 Å². The van der Waals surface area contributed by atoms with Crippen LogP contribution in [-0.2, 0) is 0 Å². The van der Waals surface area contributed by atoms with Crippen molar-refractivity contribution in [2.24, 2.45) is 0 Å². The normalized spacial score (nSPS) is 18.1. The van der Waals surface area contributed by atoms with Gasteiger partial charge in [0, 0.05) is 0 Å². The second-order valence-corrected chi connectivity index (χ2v) is 4.28. The van der Waals surface area contributed by atoms with Crippen LogP contribution in [0.3, 0.4) is 0 Å². The molecule has 1 aliphatic carbocycles. The van der Waals surface area contributed by atoms with Crippen molar-refractivity contribution in [1.29, 1.82) is 0 Å². The van der Waals surface area contributed by atoms with E-state index in [-0.39, 0.29) is 0 Å². The first-order valence-corrected chi connectivity index (χ1v) is 6.20. The van der Waals surface area contributed by atoms with E-state index in [1.54, 1.807) is 0 Å². The summed E-state index contributed by atoms with van der Waals surface area (Å²) >= 11 is 0. The largest absolute Gasteiger partial charge is 0.0874 e. The van der Waals surface area contributed by atoms with Crippen LogP contribution in [0.1, 0.15) is 34.1 Å². The van der Waals surface area contributed by atoms with Crippen molar-refractivity contribution in [3.05, 3.63) is 70.9 Å². The van der Waals surface area contributed by atoms with Gasteiger partial charge in [-0.3, -0.25) is 0 Å².